The molecule has 1 aromatic rings. The lowest BCUT2D eigenvalue weighted by atomic mass is 10.2. The van der Waals surface area contributed by atoms with Crippen LogP contribution in [0.4, 0.5) is 4.79 Å². The number of ether oxygens (including phenoxy) is 2. The number of hydrogen-bond donors (Lipinski definition) is 3. The number of aromatic nitrogens is 3. The molecule has 0 aliphatic heterocycles. The number of nitrogens with one attached hydrogen (secondary N) is 2. The van der Waals surface area contributed by atoms with Gasteiger partial charge in [-0.3, -0.25) is 5.10 Å². The van der Waals surface area contributed by atoms with Gasteiger partial charge < -0.3 is 19.9 Å². The third kappa shape index (κ3) is 5.38. The summed E-state index contributed by atoms with van der Waals surface area (Å²) < 4.78 is 9.81. The minimum absolute atomic E-state index is 0.131. The molecule has 1 unspecified atom stereocenters. The number of aromatic amines is 1. The molecule has 1 amide bonds. The van der Waals surface area contributed by atoms with Gasteiger partial charge in [-0.25, -0.2) is 14.6 Å². The van der Waals surface area contributed by atoms with E-state index in [4.69, 9.17) is 9.47 Å². The zero-order chi connectivity index (χ0) is 16.0. The lowest BCUT2D eigenvalue weighted by molar-refractivity contribution is 0.0478. The van der Waals surface area contributed by atoms with Crippen LogP contribution in [-0.4, -0.2) is 51.2 Å². The second-order valence-corrected chi connectivity index (χ2v) is 5.15. The van der Waals surface area contributed by atoms with Crippen molar-refractivity contribution in [2.24, 2.45) is 0 Å². The summed E-state index contributed by atoms with van der Waals surface area (Å²) >= 11 is 0. The van der Waals surface area contributed by atoms with Crippen molar-refractivity contribution in [1.29, 1.82) is 0 Å². The molecule has 118 valence electrons. The van der Waals surface area contributed by atoms with Crippen LogP contribution < -0.4 is 5.32 Å². The number of H-pyrrole nitrogens is 1. The number of esters is 1. The van der Waals surface area contributed by atoms with E-state index in [0.717, 1.165) is 0 Å². The maximum absolute atomic E-state index is 11.6. The van der Waals surface area contributed by atoms with E-state index in [1.54, 1.807) is 27.7 Å². The molecule has 9 nitrogen and oxygen atoms in total. The first-order valence-corrected chi connectivity index (χ1v) is 6.46. The largest absolute Gasteiger partial charge is 0.460 e. The highest BCUT2D eigenvalue weighted by Crippen LogP contribution is 2.11. The summed E-state index contributed by atoms with van der Waals surface area (Å²) in [6.07, 6.45) is -0.712. The van der Waals surface area contributed by atoms with Gasteiger partial charge in [0.1, 0.15) is 17.5 Å². The van der Waals surface area contributed by atoms with Gasteiger partial charge >= 0.3 is 12.1 Å². The van der Waals surface area contributed by atoms with E-state index < -0.39 is 30.3 Å². The van der Waals surface area contributed by atoms with Crippen molar-refractivity contribution in [3.8, 4) is 0 Å². The number of aliphatic hydroxyl groups is 1. The minimum atomic E-state index is -0.865. The number of amides is 1. The summed E-state index contributed by atoms with van der Waals surface area (Å²) in [5.74, 6) is -0.725. The smallest absolute Gasteiger partial charge is 0.408 e. The van der Waals surface area contributed by atoms with Crippen molar-refractivity contribution in [1.82, 2.24) is 20.5 Å². The standard InChI is InChI=1S/C12H20N4O5/c1-5-20-10(18)9-14-8(15-16-9)7(6-17)13-11(19)21-12(2,3)4/h7,17H,5-6H2,1-4H3,(H,13,19)(H,14,15,16). The fourth-order valence-electron chi connectivity index (χ4n) is 1.37. The fourth-order valence-corrected chi connectivity index (χ4v) is 1.37. The van der Waals surface area contributed by atoms with Crippen LogP contribution >= 0.6 is 0 Å². The Balaban J connectivity index is 2.72. The molecule has 1 aromatic heterocycles. The number of rotatable bonds is 5. The van der Waals surface area contributed by atoms with E-state index in [0.29, 0.717) is 0 Å². The van der Waals surface area contributed by atoms with E-state index in [2.05, 4.69) is 20.5 Å². The lowest BCUT2D eigenvalue weighted by Gasteiger charge is -2.21. The number of alkyl carbamates (subject to hydrolysis) is 1. The number of carbonyl (C=O) groups is 2. The number of nitrogens with zero attached hydrogens (tertiary/aromatic N) is 2. The zero-order valence-corrected chi connectivity index (χ0v) is 12.5. The van der Waals surface area contributed by atoms with Gasteiger partial charge in [-0.2, -0.15) is 0 Å². The van der Waals surface area contributed by atoms with Crippen LogP contribution in [0.15, 0.2) is 0 Å². The first kappa shape index (κ1) is 16.9. The van der Waals surface area contributed by atoms with Crippen molar-refractivity contribution < 1.29 is 24.2 Å². The lowest BCUT2D eigenvalue weighted by Crippen LogP contribution is -2.36. The molecule has 9 heteroatoms. The van der Waals surface area contributed by atoms with Crippen molar-refractivity contribution >= 4 is 12.1 Å². The number of aliphatic hydroxyl groups excluding tert-OH is 1. The molecule has 0 aromatic carbocycles. The van der Waals surface area contributed by atoms with Crippen molar-refractivity contribution in [3.05, 3.63) is 11.6 Å². The number of hydrogen-bond acceptors (Lipinski definition) is 7. The van der Waals surface area contributed by atoms with E-state index >= 15 is 0 Å². The molecule has 0 saturated carbocycles. The SMILES string of the molecule is CCOC(=O)c1n[nH]c(C(CO)NC(=O)OC(C)(C)C)n1. The Morgan fingerprint density at radius 1 is 1.43 bits per heavy atom. The second-order valence-electron chi connectivity index (χ2n) is 5.15. The first-order chi connectivity index (χ1) is 9.76. The minimum Gasteiger partial charge on any atom is -0.460 e. The molecule has 0 radical (unpaired) electrons. The summed E-state index contributed by atoms with van der Waals surface area (Å²) in [5, 5.41) is 17.9. The maximum atomic E-state index is 11.6. The Labute approximate surface area is 122 Å². The fraction of sp³-hybridized carbons (Fsp3) is 0.667. The van der Waals surface area contributed by atoms with Crippen molar-refractivity contribution in [2.75, 3.05) is 13.2 Å². The highest BCUT2D eigenvalue weighted by atomic mass is 16.6. The summed E-state index contributed by atoms with van der Waals surface area (Å²) in [4.78, 5) is 27.0. The Kier molecular flexibility index (Phi) is 5.65. The van der Waals surface area contributed by atoms with Crippen LogP contribution in [0.25, 0.3) is 0 Å². The highest BCUT2D eigenvalue weighted by Gasteiger charge is 2.23. The predicted octanol–water partition coefficient (Wildman–Crippen LogP) is 0.539. The van der Waals surface area contributed by atoms with Crippen molar-refractivity contribution in [2.45, 2.75) is 39.3 Å². The van der Waals surface area contributed by atoms with E-state index in [9.17, 15) is 14.7 Å². The average Bonchev–Trinajstić information content (AvgIpc) is 2.83. The average molecular weight is 300 g/mol. The Bertz CT molecular complexity index is 494. The molecular weight excluding hydrogens is 280 g/mol. The molecule has 0 aliphatic rings. The van der Waals surface area contributed by atoms with Gasteiger partial charge in [-0.1, -0.05) is 0 Å². The quantitative estimate of drug-likeness (QED) is 0.677. The van der Waals surface area contributed by atoms with Gasteiger partial charge in [-0.15, -0.1) is 5.10 Å². The van der Waals surface area contributed by atoms with E-state index in [1.807, 2.05) is 0 Å². The molecule has 0 bridgehead atoms. The van der Waals surface area contributed by atoms with Gasteiger partial charge in [0.2, 0.25) is 0 Å². The first-order valence-electron chi connectivity index (χ1n) is 6.46. The molecule has 0 aliphatic carbocycles. The van der Waals surface area contributed by atoms with Gasteiger partial charge in [0.05, 0.1) is 13.2 Å². The van der Waals surface area contributed by atoms with Gasteiger partial charge in [0.15, 0.2) is 0 Å². The molecule has 1 rings (SSSR count). The summed E-state index contributed by atoms with van der Waals surface area (Å²) in [6, 6.07) is -0.865. The zero-order valence-electron chi connectivity index (χ0n) is 12.5. The molecular formula is C12H20N4O5. The molecule has 1 atom stereocenters. The monoisotopic (exact) mass is 300 g/mol. The van der Waals surface area contributed by atoms with Crippen LogP contribution in [-0.2, 0) is 9.47 Å². The van der Waals surface area contributed by atoms with E-state index in [-0.39, 0.29) is 18.3 Å². The van der Waals surface area contributed by atoms with Gasteiger partial charge in [0, 0.05) is 0 Å². The summed E-state index contributed by atoms with van der Waals surface area (Å²) in [6.45, 7) is 6.57. The third-order valence-corrected chi connectivity index (χ3v) is 2.16. The molecule has 0 spiro atoms. The van der Waals surface area contributed by atoms with Gasteiger partial charge in [-0.05, 0) is 27.7 Å². The Morgan fingerprint density at radius 2 is 2.10 bits per heavy atom. The third-order valence-electron chi connectivity index (χ3n) is 2.16. The van der Waals surface area contributed by atoms with E-state index in [1.165, 1.54) is 0 Å². The highest BCUT2D eigenvalue weighted by molar-refractivity contribution is 5.84. The molecule has 0 saturated heterocycles. The second kappa shape index (κ2) is 7.02. The Hall–Kier alpha value is -2.16. The maximum Gasteiger partial charge on any atom is 0.408 e. The number of carbonyl (C=O) groups excluding carboxylic acids is 2. The van der Waals surface area contributed by atoms with Crippen molar-refractivity contribution in [3.63, 3.8) is 0 Å². The molecule has 0 fully saturated rings. The summed E-state index contributed by atoms with van der Waals surface area (Å²) in [5.41, 5.74) is -0.665. The summed E-state index contributed by atoms with van der Waals surface area (Å²) in [7, 11) is 0. The van der Waals surface area contributed by atoms with Gasteiger partial charge in [0.25, 0.3) is 5.82 Å². The topological polar surface area (TPSA) is 126 Å². The normalized spacial score (nSPS) is 12.6. The molecule has 21 heavy (non-hydrogen) atoms. The van der Waals surface area contributed by atoms with Crippen LogP contribution in [0.2, 0.25) is 0 Å². The van der Waals surface area contributed by atoms with Crippen LogP contribution in [0.5, 0.6) is 0 Å². The van der Waals surface area contributed by atoms with Crippen LogP contribution in [0, 0.1) is 0 Å². The predicted molar refractivity (Wildman–Crippen MR) is 71.5 cm³/mol. The Morgan fingerprint density at radius 3 is 2.62 bits per heavy atom. The van der Waals surface area contributed by atoms with Crippen LogP contribution in [0.3, 0.4) is 0 Å². The molecule has 3 N–H and O–H groups in total. The molecule has 1 heterocycles. The van der Waals surface area contributed by atoms with Crippen LogP contribution in [0.1, 0.15) is 50.2 Å².